The Hall–Kier alpha value is -3.03. The molecule has 1 N–H and O–H groups in total. The molecule has 1 aromatic carbocycles. The summed E-state index contributed by atoms with van der Waals surface area (Å²) in [6, 6.07) is 9.43. The van der Waals surface area contributed by atoms with Crippen LogP contribution in [-0.4, -0.2) is 44.7 Å². The zero-order valence-corrected chi connectivity index (χ0v) is 17.0. The molecule has 0 aliphatic heterocycles. The van der Waals surface area contributed by atoms with E-state index in [0.29, 0.717) is 17.7 Å². The van der Waals surface area contributed by atoms with Gasteiger partial charge in [-0.15, -0.1) is 5.10 Å². The van der Waals surface area contributed by atoms with E-state index in [1.807, 2.05) is 30.3 Å². The molecule has 0 unspecified atom stereocenters. The minimum atomic E-state index is -0.663. The Morgan fingerprint density at radius 2 is 2.00 bits per heavy atom. The summed E-state index contributed by atoms with van der Waals surface area (Å²) in [6.45, 7) is 5.70. The number of ether oxygens (including phenoxy) is 1. The van der Waals surface area contributed by atoms with Gasteiger partial charge in [-0.2, -0.15) is 4.68 Å². The van der Waals surface area contributed by atoms with Crippen molar-refractivity contribution in [2.24, 2.45) is 11.8 Å². The molecule has 0 radical (unpaired) electrons. The molecule has 1 heterocycles. The maximum atomic E-state index is 12.7. The highest BCUT2D eigenvalue weighted by atomic mass is 16.5. The standard InChI is InChI=1S/C21H27N5O3/c1-14-8-7-11-18(15(14)2)22-20(27)13-29-21(28)19(26-16(3)23-24-25-26)12-17-9-5-4-6-10-17/h4-6,9-10,12,14-15,18H,7-8,11,13H2,1-3H3,(H,22,27)/b19-12-/t14-,15+,18+/m1/s1. The summed E-state index contributed by atoms with van der Waals surface area (Å²) < 4.78 is 6.59. The maximum Gasteiger partial charge on any atom is 0.357 e. The SMILES string of the molecule is Cc1nnnn1/C(=C\c1ccccc1)C(=O)OCC(=O)N[C@H]1CCC[C@@H](C)[C@@H]1C. The summed E-state index contributed by atoms with van der Waals surface area (Å²) in [5, 5.41) is 14.3. The van der Waals surface area contributed by atoms with Gasteiger partial charge in [-0.05, 0) is 47.2 Å². The van der Waals surface area contributed by atoms with Crippen molar-refractivity contribution in [2.75, 3.05) is 6.61 Å². The van der Waals surface area contributed by atoms with E-state index >= 15 is 0 Å². The summed E-state index contributed by atoms with van der Waals surface area (Å²) in [7, 11) is 0. The molecule has 154 valence electrons. The van der Waals surface area contributed by atoms with Crippen LogP contribution in [0.15, 0.2) is 30.3 Å². The van der Waals surface area contributed by atoms with Crippen LogP contribution in [-0.2, 0) is 14.3 Å². The van der Waals surface area contributed by atoms with E-state index in [0.717, 1.165) is 18.4 Å². The highest BCUT2D eigenvalue weighted by Crippen LogP contribution is 2.29. The van der Waals surface area contributed by atoms with Gasteiger partial charge in [0.15, 0.2) is 18.1 Å². The van der Waals surface area contributed by atoms with Crippen LogP contribution in [0.2, 0.25) is 0 Å². The van der Waals surface area contributed by atoms with Gasteiger partial charge in [-0.3, -0.25) is 4.79 Å². The molecule has 1 aromatic heterocycles. The Morgan fingerprint density at radius 3 is 2.69 bits per heavy atom. The van der Waals surface area contributed by atoms with E-state index in [1.54, 1.807) is 13.0 Å². The first-order valence-corrected chi connectivity index (χ1v) is 9.94. The molecule has 1 fully saturated rings. The van der Waals surface area contributed by atoms with Crippen LogP contribution < -0.4 is 5.32 Å². The molecular weight excluding hydrogens is 370 g/mol. The number of nitrogens with zero attached hydrogens (tertiary/aromatic N) is 4. The van der Waals surface area contributed by atoms with Crippen LogP contribution >= 0.6 is 0 Å². The molecule has 3 atom stereocenters. The fourth-order valence-corrected chi connectivity index (χ4v) is 3.61. The van der Waals surface area contributed by atoms with E-state index in [9.17, 15) is 9.59 Å². The van der Waals surface area contributed by atoms with Gasteiger partial charge in [0.25, 0.3) is 5.91 Å². The highest BCUT2D eigenvalue weighted by molar-refractivity contribution is 6.15. The molecule has 1 aliphatic carbocycles. The third kappa shape index (κ3) is 5.28. The molecule has 1 aliphatic rings. The van der Waals surface area contributed by atoms with Crippen molar-refractivity contribution < 1.29 is 14.3 Å². The first-order chi connectivity index (χ1) is 14.0. The van der Waals surface area contributed by atoms with Crippen molar-refractivity contribution in [3.63, 3.8) is 0 Å². The first-order valence-electron chi connectivity index (χ1n) is 9.94. The quantitative estimate of drug-likeness (QED) is 0.594. The molecule has 29 heavy (non-hydrogen) atoms. The molecule has 0 spiro atoms. The lowest BCUT2D eigenvalue weighted by Crippen LogP contribution is -2.45. The Labute approximate surface area is 170 Å². The zero-order valence-electron chi connectivity index (χ0n) is 17.0. The largest absolute Gasteiger partial charge is 0.451 e. The fourth-order valence-electron chi connectivity index (χ4n) is 3.61. The molecule has 0 bridgehead atoms. The number of benzene rings is 1. The van der Waals surface area contributed by atoms with E-state index in [-0.39, 0.29) is 24.3 Å². The summed E-state index contributed by atoms with van der Waals surface area (Å²) in [5.74, 6) is 0.459. The first kappa shape index (κ1) is 20.7. The Morgan fingerprint density at radius 1 is 1.24 bits per heavy atom. The number of aromatic nitrogens is 4. The molecule has 0 saturated heterocycles. The lowest BCUT2D eigenvalue weighted by molar-refractivity contribution is -0.143. The summed E-state index contributed by atoms with van der Waals surface area (Å²) in [4.78, 5) is 25.1. The van der Waals surface area contributed by atoms with Crippen molar-refractivity contribution in [3.8, 4) is 0 Å². The van der Waals surface area contributed by atoms with Gasteiger partial charge in [0.05, 0.1) is 0 Å². The predicted molar refractivity (Wildman–Crippen MR) is 108 cm³/mol. The number of amides is 1. The van der Waals surface area contributed by atoms with Crippen LogP contribution in [0.4, 0.5) is 0 Å². The summed E-state index contributed by atoms with van der Waals surface area (Å²) in [6.07, 6.45) is 4.86. The van der Waals surface area contributed by atoms with Gasteiger partial charge < -0.3 is 10.1 Å². The Balaban J connectivity index is 1.67. The highest BCUT2D eigenvalue weighted by Gasteiger charge is 2.28. The van der Waals surface area contributed by atoms with Crippen molar-refractivity contribution in [1.82, 2.24) is 25.5 Å². The van der Waals surface area contributed by atoms with Crippen LogP contribution in [0.3, 0.4) is 0 Å². The number of esters is 1. The molecule has 8 heteroatoms. The van der Waals surface area contributed by atoms with Gasteiger partial charge in [0, 0.05) is 6.04 Å². The number of hydrogen-bond donors (Lipinski definition) is 1. The minimum absolute atomic E-state index is 0.117. The lowest BCUT2D eigenvalue weighted by Gasteiger charge is -2.34. The maximum absolute atomic E-state index is 12.7. The number of nitrogens with one attached hydrogen (secondary N) is 1. The molecule has 3 rings (SSSR count). The van der Waals surface area contributed by atoms with Crippen LogP contribution in [0.5, 0.6) is 0 Å². The van der Waals surface area contributed by atoms with E-state index in [1.165, 1.54) is 11.1 Å². The second-order valence-corrected chi connectivity index (χ2v) is 7.60. The minimum Gasteiger partial charge on any atom is -0.451 e. The lowest BCUT2D eigenvalue weighted by atomic mass is 9.78. The smallest absolute Gasteiger partial charge is 0.357 e. The van der Waals surface area contributed by atoms with E-state index in [2.05, 4.69) is 34.7 Å². The van der Waals surface area contributed by atoms with Gasteiger partial charge in [-0.25, -0.2) is 4.79 Å². The third-order valence-corrected chi connectivity index (χ3v) is 5.55. The van der Waals surface area contributed by atoms with Crippen molar-refractivity contribution in [1.29, 1.82) is 0 Å². The third-order valence-electron chi connectivity index (χ3n) is 5.55. The fraction of sp³-hybridized carbons (Fsp3) is 0.476. The van der Waals surface area contributed by atoms with Gasteiger partial charge in [-0.1, -0.05) is 57.0 Å². The topological polar surface area (TPSA) is 99.0 Å². The van der Waals surface area contributed by atoms with Crippen molar-refractivity contribution >= 4 is 23.6 Å². The number of carbonyl (C=O) groups excluding carboxylic acids is 2. The average molecular weight is 397 g/mol. The number of carbonyl (C=O) groups is 2. The Bertz CT molecular complexity index is 877. The zero-order chi connectivity index (χ0) is 20.8. The number of tetrazole rings is 1. The van der Waals surface area contributed by atoms with E-state index in [4.69, 9.17) is 4.74 Å². The molecule has 1 saturated carbocycles. The second kappa shape index (κ2) is 9.45. The van der Waals surface area contributed by atoms with Crippen molar-refractivity contribution in [3.05, 3.63) is 41.7 Å². The van der Waals surface area contributed by atoms with Crippen LogP contribution in [0.1, 0.15) is 44.5 Å². The van der Waals surface area contributed by atoms with Crippen molar-refractivity contribution in [2.45, 2.75) is 46.1 Å². The van der Waals surface area contributed by atoms with Crippen LogP contribution in [0.25, 0.3) is 11.8 Å². The molecule has 8 nitrogen and oxygen atoms in total. The molecular formula is C21H27N5O3. The molecule has 1 amide bonds. The number of rotatable bonds is 6. The van der Waals surface area contributed by atoms with E-state index < -0.39 is 5.97 Å². The Kier molecular flexibility index (Phi) is 6.74. The average Bonchev–Trinajstić information content (AvgIpc) is 3.14. The normalized spacial score (nSPS) is 22.2. The summed E-state index contributed by atoms with van der Waals surface area (Å²) >= 11 is 0. The monoisotopic (exact) mass is 397 g/mol. The summed E-state index contributed by atoms with van der Waals surface area (Å²) in [5.41, 5.74) is 0.940. The predicted octanol–water partition coefficient (Wildman–Crippen LogP) is 2.46. The van der Waals surface area contributed by atoms with Gasteiger partial charge >= 0.3 is 5.97 Å². The van der Waals surface area contributed by atoms with Gasteiger partial charge in [0.2, 0.25) is 0 Å². The number of hydrogen-bond acceptors (Lipinski definition) is 6. The van der Waals surface area contributed by atoms with Gasteiger partial charge in [0.1, 0.15) is 0 Å². The molecule has 2 aromatic rings. The second-order valence-electron chi connectivity index (χ2n) is 7.60. The number of aryl methyl sites for hydroxylation is 1. The van der Waals surface area contributed by atoms with Crippen LogP contribution in [0, 0.1) is 18.8 Å².